The average molecular weight is 232 g/mol. The van der Waals surface area contributed by atoms with Crippen molar-refractivity contribution < 1.29 is 4.74 Å². The van der Waals surface area contributed by atoms with Crippen LogP contribution in [-0.4, -0.2) is 31.6 Å². The Labute approximate surface area is 103 Å². The predicted octanol–water partition coefficient (Wildman–Crippen LogP) is 1.62. The molecule has 2 aliphatic heterocycles. The number of benzene rings is 1. The van der Waals surface area contributed by atoms with Crippen LogP contribution in [0.5, 0.6) is 5.75 Å². The first-order valence-corrected chi connectivity index (χ1v) is 6.45. The maximum Gasteiger partial charge on any atom is 0.119 e. The Hall–Kier alpha value is -1.06. The summed E-state index contributed by atoms with van der Waals surface area (Å²) in [4.78, 5) is 2.38. The van der Waals surface area contributed by atoms with Crippen molar-refractivity contribution in [1.82, 2.24) is 10.2 Å². The number of rotatable bonds is 3. The van der Waals surface area contributed by atoms with Crippen molar-refractivity contribution >= 4 is 0 Å². The van der Waals surface area contributed by atoms with Crippen molar-refractivity contribution in [3.63, 3.8) is 0 Å². The molecule has 1 saturated heterocycles. The third kappa shape index (κ3) is 2.45. The van der Waals surface area contributed by atoms with Crippen molar-refractivity contribution in [2.45, 2.75) is 19.5 Å². The summed E-state index contributed by atoms with van der Waals surface area (Å²) in [6.07, 6.45) is 1.27. The van der Waals surface area contributed by atoms with Crippen LogP contribution in [0.25, 0.3) is 0 Å². The second-order valence-corrected chi connectivity index (χ2v) is 5.26. The fourth-order valence-corrected chi connectivity index (χ4v) is 2.74. The lowest BCUT2D eigenvalue weighted by Crippen LogP contribution is -2.17. The van der Waals surface area contributed by atoms with Gasteiger partial charge >= 0.3 is 0 Å². The highest BCUT2D eigenvalue weighted by Crippen LogP contribution is 2.23. The van der Waals surface area contributed by atoms with E-state index in [1.54, 1.807) is 0 Å². The van der Waals surface area contributed by atoms with Gasteiger partial charge in [-0.05, 0) is 43.3 Å². The fourth-order valence-electron chi connectivity index (χ4n) is 2.74. The van der Waals surface area contributed by atoms with E-state index in [-0.39, 0.29) is 0 Å². The van der Waals surface area contributed by atoms with Crippen LogP contribution in [-0.2, 0) is 13.1 Å². The molecule has 0 amide bonds. The maximum atomic E-state index is 5.91. The number of nitrogens with one attached hydrogen (secondary N) is 1. The van der Waals surface area contributed by atoms with Gasteiger partial charge in [0.05, 0.1) is 6.61 Å². The minimum absolute atomic E-state index is 0.700. The van der Waals surface area contributed by atoms with E-state index in [0.717, 1.165) is 25.4 Å². The first-order chi connectivity index (χ1) is 8.31. The molecule has 2 heterocycles. The van der Waals surface area contributed by atoms with Gasteiger partial charge in [0, 0.05) is 25.6 Å². The maximum absolute atomic E-state index is 5.91. The van der Waals surface area contributed by atoms with Crippen LogP contribution in [0.15, 0.2) is 18.2 Å². The molecule has 0 saturated carbocycles. The Morgan fingerprint density at radius 2 is 2.24 bits per heavy atom. The molecule has 3 nitrogen and oxygen atoms in total. The van der Waals surface area contributed by atoms with E-state index in [2.05, 4.69) is 35.5 Å². The minimum atomic E-state index is 0.700. The molecule has 92 valence electrons. The van der Waals surface area contributed by atoms with Gasteiger partial charge in [0.25, 0.3) is 0 Å². The summed E-state index contributed by atoms with van der Waals surface area (Å²) in [7, 11) is 2.18. The van der Waals surface area contributed by atoms with Crippen LogP contribution in [0.3, 0.4) is 0 Å². The van der Waals surface area contributed by atoms with Crippen LogP contribution < -0.4 is 10.1 Å². The minimum Gasteiger partial charge on any atom is -0.493 e. The van der Waals surface area contributed by atoms with Crippen molar-refractivity contribution in [3.05, 3.63) is 29.3 Å². The number of hydrogen-bond acceptors (Lipinski definition) is 3. The highest BCUT2D eigenvalue weighted by molar-refractivity contribution is 5.37. The second-order valence-electron chi connectivity index (χ2n) is 5.26. The molecule has 3 heteroatoms. The van der Waals surface area contributed by atoms with E-state index < -0.39 is 0 Å². The van der Waals surface area contributed by atoms with Gasteiger partial charge in [-0.25, -0.2) is 0 Å². The van der Waals surface area contributed by atoms with Crippen LogP contribution >= 0.6 is 0 Å². The molecule has 1 N–H and O–H groups in total. The second kappa shape index (κ2) is 4.67. The van der Waals surface area contributed by atoms with Gasteiger partial charge in [-0.15, -0.1) is 0 Å². The molecule has 1 aromatic carbocycles. The smallest absolute Gasteiger partial charge is 0.119 e. The van der Waals surface area contributed by atoms with Gasteiger partial charge in [-0.1, -0.05) is 6.07 Å². The standard InChI is InChI=1S/C14H20N2O/c1-16-5-4-11(9-16)10-17-14-3-2-12-7-15-8-13(12)6-14/h2-3,6,11,15H,4-5,7-10H2,1H3. The number of fused-ring (bicyclic) bond motifs is 1. The largest absolute Gasteiger partial charge is 0.493 e. The zero-order valence-corrected chi connectivity index (χ0v) is 10.4. The molecule has 1 aromatic rings. The lowest BCUT2D eigenvalue weighted by atomic mass is 10.1. The van der Waals surface area contributed by atoms with E-state index in [9.17, 15) is 0 Å². The van der Waals surface area contributed by atoms with E-state index in [1.807, 2.05) is 0 Å². The summed E-state index contributed by atoms with van der Waals surface area (Å²) in [5.41, 5.74) is 2.81. The van der Waals surface area contributed by atoms with Crippen LogP contribution in [0.4, 0.5) is 0 Å². The molecule has 0 spiro atoms. The summed E-state index contributed by atoms with van der Waals surface area (Å²) in [5.74, 6) is 1.73. The Bertz CT molecular complexity index is 405. The van der Waals surface area contributed by atoms with E-state index in [4.69, 9.17) is 4.74 Å². The molecule has 0 bridgehead atoms. The molecule has 2 aliphatic rings. The van der Waals surface area contributed by atoms with Crippen molar-refractivity contribution in [2.24, 2.45) is 5.92 Å². The first-order valence-electron chi connectivity index (χ1n) is 6.45. The van der Waals surface area contributed by atoms with Crippen LogP contribution in [0, 0.1) is 5.92 Å². The summed E-state index contributed by atoms with van der Waals surface area (Å²) in [5, 5.41) is 3.36. The van der Waals surface area contributed by atoms with Gasteiger partial charge in [0.15, 0.2) is 0 Å². The Morgan fingerprint density at radius 3 is 3.06 bits per heavy atom. The van der Waals surface area contributed by atoms with Gasteiger partial charge < -0.3 is 15.0 Å². The zero-order chi connectivity index (χ0) is 11.7. The number of hydrogen-bond donors (Lipinski definition) is 1. The Morgan fingerprint density at radius 1 is 1.35 bits per heavy atom. The predicted molar refractivity (Wildman–Crippen MR) is 68.1 cm³/mol. The number of ether oxygens (including phenoxy) is 1. The molecule has 1 unspecified atom stereocenters. The van der Waals surface area contributed by atoms with Crippen LogP contribution in [0.2, 0.25) is 0 Å². The van der Waals surface area contributed by atoms with Crippen molar-refractivity contribution in [2.75, 3.05) is 26.7 Å². The summed E-state index contributed by atoms with van der Waals surface area (Å²) < 4.78 is 5.91. The SMILES string of the molecule is CN1CCC(COc2ccc3c(c2)CNC3)C1. The molecule has 0 radical (unpaired) electrons. The highest BCUT2D eigenvalue weighted by Gasteiger charge is 2.20. The number of nitrogens with zero attached hydrogens (tertiary/aromatic N) is 1. The highest BCUT2D eigenvalue weighted by atomic mass is 16.5. The molecular weight excluding hydrogens is 212 g/mol. The summed E-state index contributed by atoms with van der Waals surface area (Å²) in [6.45, 7) is 5.23. The lowest BCUT2D eigenvalue weighted by Gasteiger charge is -2.13. The fraction of sp³-hybridized carbons (Fsp3) is 0.571. The quantitative estimate of drug-likeness (QED) is 0.857. The van der Waals surface area contributed by atoms with Crippen molar-refractivity contribution in [1.29, 1.82) is 0 Å². The lowest BCUT2D eigenvalue weighted by molar-refractivity contribution is 0.249. The van der Waals surface area contributed by atoms with Gasteiger partial charge in [0.2, 0.25) is 0 Å². The number of likely N-dealkylation sites (tertiary alicyclic amines) is 1. The van der Waals surface area contributed by atoms with E-state index in [0.29, 0.717) is 5.92 Å². The van der Waals surface area contributed by atoms with E-state index >= 15 is 0 Å². The zero-order valence-electron chi connectivity index (χ0n) is 10.4. The monoisotopic (exact) mass is 232 g/mol. The van der Waals surface area contributed by atoms with Crippen LogP contribution in [0.1, 0.15) is 17.5 Å². The van der Waals surface area contributed by atoms with Gasteiger partial charge in [-0.2, -0.15) is 0 Å². The topological polar surface area (TPSA) is 24.5 Å². The average Bonchev–Trinajstić information content (AvgIpc) is 2.94. The third-order valence-corrected chi connectivity index (χ3v) is 3.78. The molecule has 1 atom stereocenters. The van der Waals surface area contributed by atoms with Crippen molar-refractivity contribution in [3.8, 4) is 5.75 Å². The van der Waals surface area contributed by atoms with Gasteiger partial charge in [-0.3, -0.25) is 0 Å². The molecule has 3 rings (SSSR count). The molecule has 0 aliphatic carbocycles. The third-order valence-electron chi connectivity index (χ3n) is 3.78. The Kier molecular flexibility index (Phi) is 3.04. The summed E-state index contributed by atoms with van der Waals surface area (Å²) >= 11 is 0. The summed E-state index contributed by atoms with van der Waals surface area (Å²) in [6, 6.07) is 6.48. The van der Waals surface area contributed by atoms with E-state index in [1.165, 1.54) is 30.6 Å². The van der Waals surface area contributed by atoms with Gasteiger partial charge in [0.1, 0.15) is 5.75 Å². The molecule has 1 fully saturated rings. The molecule has 17 heavy (non-hydrogen) atoms. The first kappa shape index (κ1) is 11.1. The Balaban J connectivity index is 1.58. The molecular formula is C14H20N2O. The normalized spacial score (nSPS) is 23.9. The molecule has 0 aromatic heterocycles.